The molecule has 1 heterocycles. The van der Waals surface area contributed by atoms with Gasteiger partial charge in [0.05, 0.1) is 12.1 Å². The molecule has 0 aromatic heterocycles. The minimum Gasteiger partial charge on any atom is -0.444 e. The van der Waals surface area contributed by atoms with E-state index in [2.05, 4.69) is 5.92 Å². The van der Waals surface area contributed by atoms with E-state index >= 15 is 0 Å². The number of ether oxygens (including phenoxy) is 1. The van der Waals surface area contributed by atoms with E-state index in [-0.39, 0.29) is 6.04 Å². The van der Waals surface area contributed by atoms with Gasteiger partial charge in [0.15, 0.2) is 0 Å². The Morgan fingerprint density at radius 1 is 1.62 bits per heavy atom. The molecule has 0 aromatic rings. The Labute approximate surface area is 96.6 Å². The minimum absolute atomic E-state index is 0.306. The van der Waals surface area contributed by atoms with Gasteiger partial charge in [0.1, 0.15) is 5.60 Å². The van der Waals surface area contributed by atoms with Crippen molar-refractivity contribution in [3.63, 3.8) is 0 Å². The molecule has 4 heteroatoms. The molecule has 0 aromatic carbocycles. The Morgan fingerprint density at radius 3 is 2.75 bits per heavy atom. The van der Waals surface area contributed by atoms with Gasteiger partial charge in [-0.05, 0) is 27.2 Å². The highest BCUT2D eigenvalue weighted by Crippen LogP contribution is 2.23. The van der Waals surface area contributed by atoms with Crippen molar-refractivity contribution in [2.45, 2.75) is 51.4 Å². The number of amides is 1. The average molecular weight is 225 g/mol. The Hall–Kier alpha value is -1.21. The molecule has 1 rings (SSSR count). The quantitative estimate of drug-likeness (QED) is 0.686. The fraction of sp³-hybridized carbons (Fsp3) is 0.750. The summed E-state index contributed by atoms with van der Waals surface area (Å²) in [5, 5.41) is 9.69. The predicted molar refractivity (Wildman–Crippen MR) is 60.8 cm³/mol. The highest BCUT2D eigenvalue weighted by molar-refractivity contribution is 5.69. The lowest BCUT2D eigenvalue weighted by Gasteiger charge is -2.28. The van der Waals surface area contributed by atoms with Crippen molar-refractivity contribution in [2.75, 3.05) is 6.54 Å². The average Bonchev–Trinajstić information content (AvgIpc) is 2.46. The summed E-state index contributed by atoms with van der Waals surface area (Å²) in [6.45, 7) is 5.94. The number of likely N-dealkylation sites (tertiary alicyclic amines) is 1. The normalized spacial score (nSPS) is 25.3. The second kappa shape index (κ2) is 4.75. The number of nitrogens with zero attached hydrogens (tertiary/aromatic N) is 1. The third kappa shape index (κ3) is 3.14. The van der Waals surface area contributed by atoms with Crippen molar-refractivity contribution in [3.05, 3.63) is 0 Å². The first-order valence-electron chi connectivity index (χ1n) is 5.46. The Bertz CT molecular complexity index is 300. The van der Waals surface area contributed by atoms with Gasteiger partial charge in [0, 0.05) is 13.0 Å². The summed E-state index contributed by atoms with van der Waals surface area (Å²) >= 11 is 0. The Morgan fingerprint density at radius 2 is 2.25 bits per heavy atom. The van der Waals surface area contributed by atoms with Crippen molar-refractivity contribution in [2.24, 2.45) is 0 Å². The zero-order valence-corrected chi connectivity index (χ0v) is 10.1. The maximum absolute atomic E-state index is 11.8. The summed E-state index contributed by atoms with van der Waals surface area (Å²) in [5.74, 6) is 2.48. The molecule has 1 amide bonds. The molecule has 2 atom stereocenters. The zero-order chi connectivity index (χ0) is 12.3. The summed E-state index contributed by atoms with van der Waals surface area (Å²) in [5.41, 5.74) is -0.523. The molecule has 4 nitrogen and oxygen atoms in total. The molecule has 0 bridgehead atoms. The van der Waals surface area contributed by atoms with E-state index in [0.717, 1.165) is 0 Å². The summed E-state index contributed by atoms with van der Waals surface area (Å²) in [6.07, 6.45) is 5.21. The second-order valence-electron chi connectivity index (χ2n) is 5.01. The lowest BCUT2D eigenvalue weighted by Crippen LogP contribution is -2.42. The molecule has 1 N–H and O–H groups in total. The van der Waals surface area contributed by atoms with Gasteiger partial charge in [-0.2, -0.15) is 0 Å². The highest BCUT2D eigenvalue weighted by Gasteiger charge is 2.37. The topological polar surface area (TPSA) is 49.8 Å². The van der Waals surface area contributed by atoms with Gasteiger partial charge in [-0.3, -0.25) is 0 Å². The van der Waals surface area contributed by atoms with Gasteiger partial charge < -0.3 is 14.7 Å². The number of carbonyl (C=O) groups excluding carboxylic acids is 1. The van der Waals surface area contributed by atoms with E-state index in [1.807, 2.05) is 20.8 Å². The van der Waals surface area contributed by atoms with Gasteiger partial charge in [-0.1, -0.05) is 0 Å². The first kappa shape index (κ1) is 12.9. The van der Waals surface area contributed by atoms with Gasteiger partial charge in [0.25, 0.3) is 0 Å². The van der Waals surface area contributed by atoms with Crippen LogP contribution in [0.25, 0.3) is 0 Å². The van der Waals surface area contributed by atoms with Crippen LogP contribution < -0.4 is 0 Å². The van der Waals surface area contributed by atoms with Crippen LogP contribution in [0.4, 0.5) is 4.79 Å². The van der Waals surface area contributed by atoms with E-state index in [4.69, 9.17) is 11.2 Å². The van der Waals surface area contributed by atoms with E-state index in [9.17, 15) is 9.90 Å². The number of aliphatic hydroxyl groups excluding tert-OH is 1. The SMILES string of the molecule is C#CCC1C(O)CCN1C(=O)OC(C)(C)C. The second-order valence-corrected chi connectivity index (χ2v) is 5.01. The van der Waals surface area contributed by atoms with Crippen LogP contribution in [0, 0.1) is 12.3 Å². The maximum Gasteiger partial charge on any atom is 0.410 e. The molecule has 1 aliphatic rings. The van der Waals surface area contributed by atoms with E-state index in [0.29, 0.717) is 19.4 Å². The molecular formula is C12H19NO3. The Balaban J connectivity index is 2.66. The molecule has 16 heavy (non-hydrogen) atoms. The minimum atomic E-state index is -0.538. The molecule has 0 saturated carbocycles. The number of hydrogen-bond acceptors (Lipinski definition) is 3. The van der Waals surface area contributed by atoms with Gasteiger partial charge >= 0.3 is 6.09 Å². The lowest BCUT2D eigenvalue weighted by atomic mass is 10.1. The van der Waals surface area contributed by atoms with Crippen LogP contribution in [0.5, 0.6) is 0 Å². The van der Waals surface area contributed by atoms with Crippen molar-refractivity contribution in [1.82, 2.24) is 4.90 Å². The van der Waals surface area contributed by atoms with Crippen molar-refractivity contribution in [3.8, 4) is 12.3 Å². The van der Waals surface area contributed by atoms with Crippen LogP contribution >= 0.6 is 0 Å². The molecule has 0 radical (unpaired) electrons. The fourth-order valence-electron chi connectivity index (χ4n) is 1.75. The fourth-order valence-corrected chi connectivity index (χ4v) is 1.75. The number of rotatable bonds is 1. The standard InChI is InChI=1S/C12H19NO3/c1-5-6-9-10(14)7-8-13(9)11(15)16-12(2,3)4/h1,9-10,14H,6-8H2,2-4H3. The van der Waals surface area contributed by atoms with Crippen LogP contribution in [0.3, 0.4) is 0 Å². The molecule has 0 spiro atoms. The van der Waals surface area contributed by atoms with Crippen LogP contribution in [-0.4, -0.2) is 40.4 Å². The van der Waals surface area contributed by atoms with Crippen molar-refractivity contribution >= 4 is 6.09 Å². The van der Waals surface area contributed by atoms with E-state index < -0.39 is 17.8 Å². The van der Waals surface area contributed by atoms with E-state index in [1.165, 1.54) is 4.90 Å². The molecule has 0 aliphatic carbocycles. The van der Waals surface area contributed by atoms with Gasteiger partial charge in [0.2, 0.25) is 0 Å². The third-order valence-corrected chi connectivity index (χ3v) is 2.47. The van der Waals surface area contributed by atoms with Gasteiger partial charge in [-0.25, -0.2) is 4.79 Å². The molecular weight excluding hydrogens is 206 g/mol. The molecule has 1 aliphatic heterocycles. The van der Waals surface area contributed by atoms with Crippen LogP contribution in [0.15, 0.2) is 0 Å². The van der Waals surface area contributed by atoms with Crippen LogP contribution in [0.1, 0.15) is 33.6 Å². The van der Waals surface area contributed by atoms with Crippen LogP contribution in [-0.2, 0) is 4.74 Å². The number of aliphatic hydroxyl groups is 1. The third-order valence-electron chi connectivity index (χ3n) is 2.47. The summed E-state index contributed by atoms with van der Waals surface area (Å²) < 4.78 is 5.25. The number of carbonyl (C=O) groups is 1. The number of terminal acetylenes is 1. The lowest BCUT2D eigenvalue weighted by molar-refractivity contribution is 0.0162. The van der Waals surface area contributed by atoms with Crippen molar-refractivity contribution < 1.29 is 14.6 Å². The zero-order valence-electron chi connectivity index (χ0n) is 10.1. The molecule has 2 unspecified atom stereocenters. The molecule has 1 saturated heterocycles. The van der Waals surface area contributed by atoms with Gasteiger partial charge in [-0.15, -0.1) is 12.3 Å². The van der Waals surface area contributed by atoms with E-state index in [1.54, 1.807) is 0 Å². The summed E-state index contributed by atoms with van der Waals surface area (Å²) in [7, 11) is 0. The maximum atomic E-state index is 11.8. The summed E-state index contributed by atoms with van der Waals surface area (Å²) in [6, 6.07) is -0.306. The predicted octanol–water partition coefficient (Wildman–Crippen LogP) is 1.38. The smallest absolute Gasteiger partial charge is 0.410 e. The Kier molecular flexibility index (Phi) is 3.82. The first-order chi connectivity index (χ1) is 7.35. The molecule has 1 fully saturated rings. The molecule has 90 valence electrons. The number of hydrogen-bond donors (Lipinski definition) is 1. The highest BCUT2D eigenvalue weighted by atomic mass is 16.6. The largest absolute Gasteiger partial charge is 0.444 e. The van der Waals surface area contributed by atoms with Crippen molar-refractivity contribution in [1.29, 1.82) is 0 Å². The monoisotopic (exact) mass is 225 g/mol. The van der Waals surface area contributed by atoms with Crippen LogP contribution in [0.2, 0.25) is 0 Å². The summed E-state index contributed by atoms with van der Waals surface area (Å²) in [4.78, 5) is 13.3. The first-order valence-corrected chi connectivity index (χ1v) is 5.46.